The van der Waals surface area contributed by atoms with Gasteiger partial charge in [0.15, 0.2) is 17.2 Å². The largest absolute Gasteiger partial charge is 0.479 e. The minimum Gasteiger partial charge on any atom is -0.479 e. The Morgan fingerprint density at radius 2 is 1.81 bits per heavy atom. The number of hydrogen-bond acceptors (Lipinski definition) is 7. The van der Waals surface area contributed by atoms with E-state index >= 15 is 0 Å². The number of aliphatic carboxylic acids is 1. The number of carbonyl (C=O) groups is 2. The lowest BCUT2D eigenvalue weighted by atomic mass is 9.89. The average Bonchev–Trinajstić information content (AvgIpc) is 3.23. The van der Waals surface area contributed by atoms with Crippen LogP contribution in [0.1, 0.15) is 39.6 Å². The van der Waals surface area contributed by atoms with Crippen LogP contribution < -0.4 is 4.74 Å². The standard InChI is InChI=1S/C26H26BrNO7S2/c1-34-26(31)25-23(35-15-21(29)30)22(27)24(36-25)20-9-5-8-19(14-20)18-10-12-28(13-11-18)37(32,33)16-17-6-3-2-4-7-17/h2-9,14,18H,10-13,15-16H2,1H3,(H,29,30). The van der Waals surface area contributed by atoms with E-state index in [-0.39, 0.29) is 22.3 Å². The number of hydrogen-bond donors (Lipinski definition) is 1. The number of sulfonamides is 1. The summed E-state index contributed by atoms with van der Waals surface area (Å²) < 4.78 is 38.1. The maximum absolute atomic E-state index is 12.9. The van der Waals surface area contributed by atoms with Gasteiger partial charge in [0.25, 0.3) is 0 Å². The molecule has 4 rings (SSSR count). The highest BCUT2D eigenvalue weighted by molar-refractivity contribution is 9.10. The molecule has 0 bridgehead atoms. The van der Waals surface area contributed by atoms with Gasteiger partial charge in [-0.15, -0.1) is 11.3 Å². The van der Waals surface area contributed by atoms with Crippen molar-refractivity contribution in [1.29, 1.82) is 0 Å². The van der Waals surface area contributed by atoms with Crippen LogP contribution in [0.25, 0.3) is 10.4 Å². The number of benzene rings is 2. The molecule has 1 saturated heterocycles. The van der Waals surface area contributed by atoms with E-state index in [9.17, 15) is 18.0 Å². The van der Waals surface area contributed by atoms with E-state index in [4.69, 9.17) is 14.6 Å². The number of piperidine rings is 1. The van der Waals surface area contributed by atoms with E-state index in [1.165, 1.54) is 7.11 Å². The zero-order chi connectivity index (χ0) is 26.6. The Hall–Kier alpha value is -2.73. The first kappa shape index (κ1) is 27.3. The quantitative estimate of drug-likeness (QED) is 0.335. The number of halogens is 1. The van der Waals surface area contributed by atoms with Crippen LogP contribution in [0, 0.1) is 0 Å². The van der Waals surface area contributed by atoms with Gasteiger partial charge in [0.2, 0.25) is 10.0 Å². The van der Waals surface area contributed by atoms with E-state index in [1.807, 2.05) is 54.6 Å². The first-order chi connectivity index (χ1) is 17.7. The van der Waals surface area contributed by atoms with Crippen molar-refractivity contribution in [2.75, 3.05) is 26.8 Å². The van der Waals surface area contributed by atoms with Gasteiger partial charge in [0.1, 0.15) is 0 Å². The van der Waals surface area contributed by atoms with Crippen LogP contribution in [0.15, 0.2) is 59.1 Å². The molecule has 1 aliphatic heterocycles. The number of carbonyl (C=O) groups excluding carboxylic acids is 1. The van der Waals surface area contributed by atoms with E-state index in [1.54, 1.807) is 4.31 Å². The number of carboxylic acids is 1. The Kier molecular flexibility index (Phi) is 8.68. The number of thiophene rings is 1. The van der Waals surface area contributed by atoms with Crippen LogP contribution in [0.4, 0.5) is 0 Å². The topological polar surface area (TPSA) is 110 Å². The van der Waals surface area contributed by atoms with Gasteiger partial charge in [-0.2, -0.15) is 0 Å². The summed E-state index contributed by atoms with van der Waals surface area (Å²) in [5.41, 5.74) is 2.69. The Labute approximate surface area is 228 Å². The molecule has 8 nitrogen and oxygen atoms in total. The summed E-state index contributed by atoms with van der Waals surface area (Å²) in [5.74, 6) is -1.46. The summed E-state index contributed by atoms with van der Waals surface area (Å²) in [6.45, 7) is 0.309. The minimum atomic E-state index is -3.39. The molecule has 0 amide bonds. The van der Waals surface area contributed by atoms with Crippen LogP contribution in [-0.4, -0.2) is 56.6 Å². The number of rotatable bonds is 9. The molecule has 196 valence electrons. The molecule has 1 aliphatic rings. The second-order valence-electron chi connectivity index (χ2n) is 8.62. The fourth-order valence-corrected chi connectivity index (χ4v) is 7.88. The molecule has 1 N–H and O–H groups in total. The van der Waals surface area contributed by atoms with E-state index < -0.39 is 28.6 Å². The summed E-state index contributed by atoms with van der Waals surface area (Å²) in [5, 5.41) is 9.01. The predicted octanol–water partition coefficient (Wildman–Crippen LogP) is 5.14. The highest BCUT2D eigenvalue weighted by Gasteiger charge is 2.30. The van der Waals surface area contributed by atoms with Crippen LogP contribution in [0.5, 0.6) is 5.75 Å². The van der Waals surface area contributed by atoms with Gasteiger partial charge < -0.3 is 14.6 Å². The fourth-order valence-electron chi connectivity index (χ4n) is 4.35. The minimum absolute atomic E-state index is 0.00475. The Balaban J connectivity index is 1.51. The first-order valence-electron chi connectivity index (χ1n) is 11.6. The predicted molar refractivity (Wildman–Crippen MR) is 145 cm³/mol. The molecular formula is C26H26BrNO7S2. The first-order valence-corrected chi connectivity index (χ1v) is 14.8. The van der Waals surface area contributed by atoms with Crippen LogP contribution in [0.2, 0.25) is 0 Å². The molecule has 0 radical (unpaired) electrons. The third-order valence-electron chi connectivity index (χ3n) is 6.18. The number of esters is 1. The Morgan fingerprint density at radius 1 is 1.11 bits per heavy atom. The Bertz CT molecular complexity index is 1380. The summed E-state index contributed by atoms with van der Waals surface area (Å²) >= 11 is 4.63. The number of ether oxygens (including phenoxy) is 2. The lowest BCUT2D eigenvalue weighted by molar-refractivity contribution is -0.139. The van der Waals surface area contributed by atoms with Crippen LogP contribution in [0.3, 0.4) is 0 Å². The lowest BCUT2D eigenvalue weighted by Gasteiger charge is -2.31. The molecule has 1 fully saturated rings. The molecule has 1 aromatic heterocycles. The van der Waals surface area contributed by atoms with Crippen molar-refractivity contribution < 1.29 is 32.6 Å². The van der Waals surface area contributed by atoms with E-state index in [2.05, 4.69) is 15.9 Å². The molecule has 2 aromatic carbocycles. The van der Waals surface area contributed by atoms with Gasteiger partial charge in [0.05, 0.1) is 22.2 Å². The second kappa shape index (κ2) is 11.8. The SMILES string of the molecule is COC(=O)c1sc(-c2cccc(C3CCN(S(=O)(=O)Cc4ccccc4)CC3)c2)c(Br)c1OCC(=O)O. The van der Waals surface area contributed by atoms with Gasteiger partial charge in [-0.3, -0.25) is 0 Å². The summed E-state index contributed by atoms with van der Waals surface area (Å²) in [6.07, 6.45) is 1.40. The van der Waals surface area contributed by atoms with Crippen molar-refractivity contribution >= 4 is 49.2 Å². The van der Waals surface area contributed by atoms with Crippen molar-refractivity contribution in [3.63, 3.8) is 0 Å². The van der Waals surface area contributed by atoms with Crippen molar-refractivity contribution in [3.05, 3.63) is 75.1 Å². The maximum Gasteiger partial charge on any atom is 0.351 e. The van der Waals surface area contributed by atoms with Crippen molar-refractivity contribution in [2.45, 2.75) is 24.5 Å². The van der Waals surface area contributed by atoms with Gasteiger partial charge in [-0.25, -0.2) is 22.3 Å². The van der Waals surface area contributed by atoms with Gasteiger partial charge in [0, 0.05) is 13.1 Å². The van der Waals surface area contributed by atoms with Gasteiger partial charge in [-0.1, -0.05) is 54.6 Å². The van der Waals surface area contributed by atoms with Crippen molar-refractivity contribution in [1.82, 2.24) is 4.31 Å². The van der Waals surface area contributed by atoms with Gasteiger partial charge >= 0.3 is 11.9 Å². The molecular weight excluding hydrogens is 582 g/mol. The number of nitrogens with zero attached hydrogens (tertiary/aromatic N) is 1. The van der Waals surface area contributed by atoms with Gasteiger partial charge in [-0.05, 0) is 51.4 Å². The Morgan fingerprint density at radius 3 is 2.46 bits per heavy atom. The van der Waals surface area contributed by atoms with Crippen molar-refractivity contribution in [2.24, 2.45) is 0 Å². The third kappa shape index (κ3) is 6.40. The highest BCUT2D eigenvalue weighted by Crippen LogP contribution is 2.46. The smallest absolute Gasteiger partial charge is 0.351 e. The zero-order valence-electron chi connectivity index (χ0n) is 20.1. The molecule has 3 aromatic rings. The summed E-state index contributed by atoms with van der Waals surface area (Å²) in [7, 11) is -2.14. The third-order valence-corrected chi connectivity index (χ3v) is 10.2. The highest BCUT2D eigenvalue weighted by atomic mass is 79.9. The van der Waals surface area contributed by atoms with Crippen LogP contribution >= 0.6 is 27.3 Å². The van der Waals surface area contributed by atoms with Crippen LogP contribution in [-0.2, 0) is 25.3 Å². The van der Waals surface area contributed by atoms with E-state index in [0.717, 1.165) is 28.0 Å². The molecule has 0 unspecified atom stereocenters. The summed E-state index contributed by atoms with van der Waals surface area (Å²) in [4.78, 5) is 24.2. The molecule has 0 atom stereocenters. The molecule has 11 heteroatoms. The fraction of sp³-hybridized carbons (Fsp3) is 0.308. The molecule has 37 heavy (non-hydrogen) atoms. The molecule has 2 heterocycles. The monoisotopic (exact) mass is 607 g/mol. The number of methoxy groups -OCH3 is 1. The molecule has 0 spiro atoms. The normalized spacial score (nSPS) is 14.9. The molecule has 0 aliphatic carbocycles. The average molecular weight is 609 g/mol. The maximum atomic E-state index is 12.9. The number of carboxylic acid groups (broad SMARTS) is 1. The zero-order valence-corrected chi connectivity index (χ0v) is 23.3. The second-order valence-corrected chi connectivity index (χ2v) is 12.4. The van der Waals surface area contributed by atoms with E-state index in [0.29, 0.717) is 35.3 Å². The molecule has 0 saturated carbocycles. The lowest BCUT2D eigenvalue weighted by Crippen LogP contribution is -2.38. The summed E-state index contributed by atoms with van der Waals surface area (Å²) in [6, 6.07) is 17.1. The van der Waals surface area contributed by atoms with Crippen molar-refractivity contribution in [3.8, 4) is 16.2 Å².